The summed E-state index contributed by atoms with van der Waals surface area (Å²) in [6.45, 7) is 2.05. The van der Waals surface area contributed by atoms with Crippen molar-refractivity contribution in [2.45, 2.75) is 6.92 Å². The first kappa shape index (κ1) is 12.8. The number of hydrazone groups is 1. The molecule has 100 valence electrons. The lowest BCUT2D eigenvalue weighted by Gasteiger charge is -1.99. The SMILES string of the molecule is Cc1[nH]c2ccccc2c1/C=N/Nc1ccc(Cl)cc1. The lowest BCUT2D eigenvalue weighted by atomic mass is 10.1. The maximum atomic E-state index is 5.84. The summed E-state index contributed by atoms with van der Waals surface area (Å²) in [5.74, 6) is 0. The van der Waals surface area contributed by atoms with E-state index in [2.05, 4.69) is 27.6 Å². The van der Waals surface area contributed by atoms with Gasteiger partial charge in [0.1, 0.15) is 0 Å². The topological polar surface area (TPSA) is 40.2 Å². The average molecular weight is 284 g/mol. The molecule has 0 atom stereocenters. The second-order valence-electron chi connectivity index (χ2n) is 4.59. The normalized spacial score (nSPS) is 11.3. The largest absolute Gasteiger partial charge is 0.358 e. The van der Waals surface area contributed by atoms with Crippen molar-refractivity contribution in [2.75, 3.05) is 5.43 Å². The van der Waals surface area contributed by atoms with Crippen molar-refractivity contribution in [3.05, 3.63) is 64.8 Å². The molecule has 0 fully saturated rings. The summed E-state index contributed by atoms with van der Waals surface area (Å²) in [5.41, 5.74) is 7.23. The molecule has 0 radical (unpaired) electrons. The quantitative estimate of drug-likeness (QED) is 0.536. The molecule has 1 heterocycles. The zero-order chi connectivity index (χ0) is 13.9. The Kier molecular flexibility index (Phi) is 3.44. The average Bonchev–Trinajstić information content (AvgIpc) is 2.77. The number of hydrogen-bond donors (Lipinski definition) is 2. The molecule has 3 aromatic rings. The van der Waals surface area contributed by atoms with E-state index in [1.807, 2.05) is 49.5 Å². The van der Waals surface area contributed by atoms with Crippen LogP contribution >= 0.6 is 11.6 Å². The van der Waals surface area contributed by atoms with Crippen LogP contribution in [0.3, 0.4) is 0 Å². The Bertz CT molecular complexity index is 757. The van der Waals surface area contributed by atoms with Crippen LogP contribution in [0.1, 0.15) is 11.3 Å². The number of nitrogens with one attached hydrogen (secondary N) is 2. The van der Waals surface area contributed by atoms with Gasteiger partial charge in [0.15, 0.2) is 0 Å². The van der Waals surface area contributed by atoms with Crippen LogP contribution in [0.4, 0.5) is 5.69 Å². The van der Waals surface area contributed by atoms with E-state index in [9.17, 15) is 0 Å². The molecule has 0 aliphatic heterocycles. The van der Waals surface area contributed by atoms with Gasteiger partial charge in [-0.05, 0) is 37.3 Å². The van der Waals surface area contributed by atoms with Gasteiger partial charge in [-0.25, -0.2) is 0 Å². The van der Waals surface area contributed by atoms with Gasteiger partial charge in [-0.2, -0.15) is 5.10 Å². The number of rotatable bonds is 3. The lowest BCUT2D eigenvalue weighted by Crippen LogP contribution is -1.91. The van der Waals surface area contributed by atoms with Gasteiger partial charge in [0.05, 0.1) is 11.9 Å². The van der Waals surface area contributed by atoms with Crippen LogP contribution in [0.25, 0.3) is 10.9 Å². The Morgan fingerprint density at radius 2 is 1.85 bits per heavy atom. The minimum Gasteiger partial charge on any atom is -0.358 e. The Balaban J connectivity index is 1.84. The molecule has 1 aromatic heterocycles. The molecule has 2 N–H and O–H groups in total. The number of aromatic nitrogens is 1. The van der Waals surface area contributed by atoms with Crippen molar-refractivity contribution < 1.29 is 0 Å². The summed E-state index contributed by atoms with van der Waals surface area (Å²) < 4.78 is 0. The first-order chi connectivity index (χ1) is 9.74. The monoisotopic (exact) mass is 283 g/mol. The first-order valence-electron chi connectivity index (χ1n) is 6.36. The molecular weight excluding hydrogens is 270 g/mol. The zero-order valence-corrected chi connectivity index (χ0v) is 11.8. The van der Waals surface area contributed by atoms with Crippen molar-refractivity contribution in [2.24, 2.45) is 5.10 Å². The number of aryl methyl sites for hydroxylation is 1. The Hall–Kier alpha value is -2.26. The predicted octanol–water partition coefficient (Wildman–Crippen LogP) is 4.58. The van der Waals surface area contributed by atoms with E-state index in [1.54, 1.807) is 0 Å². The highest BCUT2D eigenvalue weighted by atomic mass is 35.5. The maximum absolute atomic E-state index is 5.84. The number of anilines is 1. The summed E-state index contributed by atoms with van der Waals surface area (Å²) in [6, 6.07) is 15.6. The number of hydrogen-bond acceptors (Lipinski definition) is 2. The minimum atomic E-state index is 0.715. The van der Waals surface area contributed by atoms with Crippen LogP contribution in [0, 0.1) is 6.92 Å². The summed E-state index contributed by atoms with van der Waals surface area (Å²) in [4.78, 5) is 3.35. The van der Waals surface area contributed by atoms with Crippen LogP contribution in [0.15, 0.2) is 53.6 Å². The molecule has 3 nitrogen and oxygen atoms in total. The molecule has 0 unspecified atom stereocenters. The molecular formula is C16H14ClN3. The third kappa shape index (κ3) is 2.53. The zero-order valence-electron chi connectivity index (χ0n) is 11.0. The van der Waals surface area contributed by atoms with Gasteiger partial charge in [-0.15, -0.1) is 0 Å². The van der Waals surface area contributed by atoms with Gasteiger partial charge in [-0.3, -0.25) is 5.43 Å². The van der Waals surface area contributed by atoms with Crippen molar-refractivity contribution >= 4 is 34.4 Å². The maximum Gasteiger partial charge on any atom is 0.0568 e. The second-order valence-corrected chi connectivity index (χ2v) is 5.02. The smallest absolute Gasteiger partial charge is 0.0568 e. The van der Waals surface area contributed by atoms with Crippen molar-refractivity contribution in [1.82, 2.24) is 4.98 Å². The van der Waals surface area contributed by atoms with Crippen molar-refractivity contribution in [3.63, 3.8) is 0 Å². The minimum absolute atomic E-state index is 0.715. The highest BCUT2D eigenvalue weighted by Crippen LogP contribution is 2.20. The molecule has 0 bridgehead atoms. The summed E-state index contributed by atoms with van der Waals surface area (Å²) in [6.07, 6.45) is 1.84. The fourth-order valence-electron chi connectivity index (χ4n) is 2.16. The number of aromatic amines is 1. The number of H-pyrrole nitrogens is 1. The van der Waals surface area contributed by atoms with Crippen molar-refractivity contribution in [1.29, 1.82) is 0 Å². The fraction of sp³-hybridized carbons (Fsp3) is 0.0625. The van der Waals surface area contributed by atoms with Crippen LogP contribution in [0.2, 0.25) is 5.02 Å². The number of halogens is 1. The van der Waals surface area contributed by atoms with Gasteiger partial charge in [0.25, 0.3) is 0 Å². The molecule has 0 amide bonds. The number of benzene rings is 2. The van der Waals surface area contributed by atoms with Crippen molar-refractivity contribution in [3.8, 4) is 0 Å². The highest BCUT2D eigenvalue weighted by Gasteiger charge is 2.04. The van der Waals surface area contributed by atoms with Gasteiger partial charge in [0.2, 0.25) is 0 Å². The standard InChI is InChI=1S/C16H14ClN3/c1-11-15(14-4-2-3-5-16(14)19-11)10-18-20-13-8-6-12(17)7-9-13/h2-10,19-20H,1H3/b18-10+. The summed E-state index contributed by atoms with van der Waals surface area (Å²) in [5, 5.41) is 6.17. The highest BCUT2D eigenvalue weighted by molar-refractivity contribution is 6.30. The number of para-hydroxylation sites is 1. The predicted molar refractivity (Wildman–Crippen MR) is 85.7 cm³/mol. The molecule has 20 heavy (non-hydrogen) atoms. The molecule has 3 rings (SSSR count). The van der Waals surface area contributed by atoms with Gasteiger partial charge < -0.3 is 4.98 Å². The van der Waals surface area contributed by atoms with E-state index in [-0.39, 0.29) is 0 Å². The van der Waals surface area contributed by atoms with E-state index in [0.717, 1.165) is 22.5 Å². The summed E-state index contributed by atoms with van der Waals surface area (Å²) in [7, 11) is 0. The van der Waals surface area contributed by atoms with Gasteiger partial charge in [0, 0.05) is 27.2 Å². The van der Waals surface area contributed by atoms with E-state index < -0.39 is 0 Å². The number of nitrogens with zero attached hydrogens (tertiary/aromatic N) is 1. The summed E-state index contributed by atoms with van der Waals surface area (Å²) >= 11 is 5.84. The number of fused-ring (bicyclic) bond motifs is 1. The van der Waals surface area contributed by atoms with E-state index >= 15 is 0 Å². The third-order valence-electron chi connectivity index (χ3n) is 3.17. The van der Waals surface area contributed by atoms with Crippen LogP contribution < -0.4 is 5.43 Å². The Labute approximate surface area is 122 Å². The van der Waals surface area contributed by atoms with E-state index in [0.29, 0.717) is 5.02 Å². The first-order valence-corrected chi connectivity index (χ1v) is 6.74. The van der Waals surface area contributed by atoms with E-state index in [1.165, 1.54) is 5.39 Å². The molecule has 0 aliphatic rings. The molecule has 0 saturated carbocycles. The fourth-order valence-corrected chi connectivity index (χ4v) is 2.29. The van der Waals surface area contributed by atoms with Crippen LogP contribution in [-0.4, -0.2) is 11.2 Å². The second kappa shape index (κ2) is 5.39. The molecule has 2 aromatic carbocycles. The Morgan fingerprint density at radius 1 is 1.10 bits per heavy atom. The van der Waals surface area contributed by atoms with Gasteiger partial charge >= 0.3 is 0 Å². The van der Waals surface area contributed by atoms with Gasteiger partial charge in [-0.1, -0.05) is 29.8 Å². The molecule has 0 spiro atoms. The van der Waals surface area contributed by atoms with Crippen LogP contribution in [0.5, 0.6) is 0 Å². The van der Waals surface area contributed by atoms with Crippen LogP contribution in [-0.2, 0) is 0 Å². The lowest BCUT2D eigenvalue weighted by molar-refractivity contribution is 1.28. The molecule has 0 saturated heterocycles. The Morgan fingerprint density at radius 3 is 2.65 bits per heavy atom. The molecule has 0 aliphatic carbocycles. The molecule has 4 heteroatoms. The third-order valence-corrected chi connectivity index (χ3v) is 3.43. The van der Waals surface area contributed by atoms with E-state index in [4.69, 9.17) is 11.6 Å².